The Balaban J connectivity index is 1.31. The molecule has 0 aliphatic carbocycles. The van der Waals surface area contributed by atoms with Crippen LogP contribution in [0.15, 0.2) is 54.7 Å². The van der Waals surface area contributed by atoms with E-state index in [0.29, 0.717) is 25.2 Å². The first-order chi connectivity index (χ1) is 21.1. The lowest BCUT2D eigenvalue weighted by atomic mass is 9.75. The zero-order chi connectivity index (χ0) is 31.0. The Kier molecular flexibility index (Phi) is 7.64. The highest BCUT2D eigenvalue weighted by Crippen LogP contribution is 2.43. The fraction of sp³-hybridized carbons (Fsp3) is 0.258. The summed E-state index contributed by atoms with van der Waals surface area (Å²) in [4.78, 5) is 26.0. The van der Waals surface area contributed by atoms with E-state index in [-0.39, 0.29) is 58.6 Å². The molecular formula is C31H28F3N7O3. The van der Waals surface area contributed by atoms with Crippen LogP contribution in [0.4, 0.5) is 24.8 Å². The first-order valence-corrected chi connectivity index (χ1v) is 13.8. The first kappa shape index (κ1) is 29.1. The normalized spacial score (nSPS) is 16.2. The number of amides is 1. The quantitative estimate of drug-likeness (QED) is 0.221. The molecule has 1 aliphatic rings. The number of benzene rings is 2. The molecule has 3 aromatic heterocycles. The van der Waals surface area contributed by atoms with Crippen molar-refractivity contribution in [2.45, 2.75) is 38.3 Å². The summed E-state index contributed by atoms with van der Waals surface area (Å²) in [5.41, 5.74) is 7.28. The summed E-state index contributed by atoms with van der Waals surface area (Å²) in [6.45, 7) is 2.29. The van der Waals surface area contributed by atoms with Gasteiger partial charge in [-0.2, -0.15) is 5.10 Å². The number of fused-ring (bicyclic) bond motifs is 2. The van der Waals surface area contributed by atoms with E-state index in [1.54, 1.807) is 7.11 Å². The molecule has 0 fully saturated rings. The first-order valence-electron chi connectivity index (χ1n) is 13.8. The Morgan fingerprint density at radius 1 is 1.09 bits per heavy atom. The van der Waals surface area contributed by atoms with Gasteiger partial charge < -0.3 is 20.5 Å². The SMILES string of the molecule is COc1ccc(COCCC2(C)CC(=O)Nc3nc(-c4nn(Cc5c(F)cccc5F)c5ncc(F)cc45)nc(N)c32)cc1. The Labute approximate surface area is 250 Å². The number of rotatable bonds is 9. The molecule has 13 heteroatoms. The van der Waals surface area contributed by atoms with Crippen LogP contribution in [0.3, 0.4) is 0 Å². The number of pyridine rings is 1. The van der Waals surface area contributed by atoms with Crippen molar-refractivity contribution in [3.63, 3.8) is 0 Å². The predicted octanol–water partition coefficient (Wildman–Crippen LogP) is 5.15. The molecule has 0 saturated heterocycles. The average Bonchev–Trinajstić information content (AvgIpc) is 3.34. The molecule has 2 aromatic carbocycles. The van der Waals surface area contributed by atoms with Crippen molar-refractivity contribution in [1.29, 1.82) is 0 Å². The summed E-state index contributed by atoms with van der Waals surface area (Å²) in [6.07, 6.45) is 1.57. The highest BCUT2D eigenvalue weighted by Gasteiger charge is 2.40. The van der Waals surface area contributed by atoms with E-state index in [1.807, 2.05) is 31.2 Å². The second-order valence-corrected chi connectivity index (χ2v) is 10.8. The molecule has 6 rings (SSSR count). The second kappa shape index (κ2) is 11.6. The van der Waals surface area contributed by atoms with E-state index >= 15 is 0 Å². The maximum Gasteiger partial charge on any atom is 0.226 e. The van der Waals surface area contributed by atoms with Crippen LogP contribution < -0.4 is 15.8 Å². The van der Waals surface area contributed by atoms with Crippen molar-refractivity contribution >= 4 is 28.6 Å². The largest absolute Gasteiger partial charge is 0.497 e. The van der Waals surface area contributed by atoms with Crippen LogP contribution >= 0.6 is 0 Å². The number of aromatic nitrogens is 5. The molecule has 0 radical (unpaired) electrons. The van der Waals surface area contributed by atoms with Crippen LogP contribution in [0, 0.1) is 17.5 Å². The summed E-state index contributed by atoms with van der Waals surface area (Å²) in [6, 6.07) is 12.2. The zero-order valence-electron chi connectivity index (χ0n) is 23.9. The minimum absolute atomic E-state index is 0.00767. The van der Waals surface area contributed by atoms with Crippen LogP contribution in [-0.2, 0) is 28.1 Å². The van der Waals surface area contributed by atoms with Crippen molar-refractivity contribution in [3.8, 4) is 17.3 Å². The zero-order valence-corrected chi connectivity index (χ0v) is 23.9. The number of hydrogen-bond acceptors (Lipinski definition) is 8. The molecule has 3 N–H and O–H groups in total. The highest BCUT2D eigenvalue weighted by molar-refractivity contribution is 5.96. The van der Waals surface area contributed by atoms with Gasteiger partial charge in [-0.1, -0.05) is 25.1 Å². The van der Waals surface area contributed by atoms with Gasteiger partial charge in [0.1, 0.15) is 40.5 Å². The standard InChI is InChI=1S/C31H28F3N7O3/c1-31(10-11-44-16-17-6-8-19(43-2)9-7-17)13-24(42)37-28-25(31)27(35)38-29(39-28)26-20-12-18(32)14-36-30(20)41(40-26)15-21-22(33)4-3-5-23(21)34/h3-9,12,14H,10-11,13,15-16H2,1-2H3,(H3,35,37,38,39,42). The Hall–Kier alpha value is -5.04. The molecular weight excluding hydrogens is 575 g/mol. The van der Waals surface area contributed by atoms with E-state index < -0.39 is 22.9 Å². The topological polar surface area (TPSA) is 130 Å². The number of methoxy groups -OCH3 is 1. The van der Waals surface area contributed by atoms with Crippen molar-refractivity contribution in [3.05, 3.63) is 88.9 Å². The lowest BCUT2D eigenvalue weighted by molar-refractivity contribution is -0.117. The van der Waals surface area contributed by atoms with Gasteiger partial charge in [-0.25, -0.2) is 32.8 Å². The van der Waals surface area contributed by atoms with Gasteiger partial charge in [-0.3, -0.25) is 4.79 Å². The number of anilines is 2. The molecule has 1 amide bonds. The molecule has 0 spiro atoms. The molecule has 10 nitrogen and oxygen atoms in total. The average molecular weight is 604 g/mol. The third-order valence-corrected chi connectivity index (χ3v) is 7.71. The number of carbonyl (C=O) groups excluding carboxylic acids is 1. The van der Waals surface area contributed by atoms with Crippen LogP contribution in [0.25, 0.3) is 22.6 Å². The molecule has 0 saturated carbocycles. The molecule has 1 atom stereocenters. The monoisotopic (exact) mass is 603 g/mol. The molecule has 4 heterocycles. The molecule has 226 valence electrons. The maximum atomic E-state index is 14.5. The number of ether oxygens (including phenoxy) is 2. The van der Waals surface area contributed by atoms with Gasteiger partial charge in [0.05, 0.1) is 31.8 Å². The van der Waals surface area contributed by atoms with Gasteiger partial charge in [-0.15, -0.1) is 0 Å². The van der Waals surface area contributed by atoms with Crippen LogP contribution in [0.1, 0.15) is 36.5 Å². The maximum absolute atomic E-state index is 14.5. The summed E-state index contributed by atoms with van der Waals surface area (Å²) in [5, 5.41) is 7.43. The lowest BCUT2D eigenvalue weighted by Crippen LogP contribution is -2.37. The van der Waals surface area contributed by atoms with E-state index in [4.69, 9.17) is 15.2 Å². The molecule has 1 aliphatic heterocycles. The van der Waals surface area contributed by atoms with E-state index in [9.17, 15) is 18.0 Å². The molecule has 5 aromatic rings. The fourth-order valence-electron chi connectivity index (χ4n) is 5.45. The number of halogens is 3. The van der Waals surface area contributed by atoms with Gasteiger partial charge in [0, 0.05) is 29.6 Å². The summed E-state index contributed by atoms with van der Waals surface area (Å²) < 4.78 is 55.6. The number of nitrogens with two attached hydrogens (primary N) is 1. The Morgan fingerprint density at radius 2 is 1.84 bits per heavy atom. The molecule has 0 bridgehead atoms. The van der Waals surface area contributed by atoms with Crippen molar-refractivity contribution in [2.24, 2.45) is 0 Å². The minimum atomic E-state index is -0.762. The predicted molar refractivity (Wildman–Crippen MR) is 156 cm³/mol. The van der Waals surface area contributed by atoms with E-state index in [2.05, 4.69) is 25.4 Å². The highest BCUT2D eigenvalue weighted by atomic mass is 19.1. The summed E-state index contributed by atoms with van der Waals surface area (Å²) in [5.74, 6) is -1.39. The van der Waals surface area contributed by atoms with Crippen LogP contribution in [0.2, 0.25) is 0 Å². The van der Waals surface area contributed by atoms with Crippen molar-refractivity contribution in [2.75, 3.05) is 24.8 Å². The minimum Gasteiger partial charge on any atom is -0.497 e. The number of nitrogens with one attached hydrogen (secondary N) is 1. The van der Waals surface area contributed by atoms with Gasteiger partial charge in [0.15, 0.2) is 11.5 Å². The van der Waals surface area contributed by atoms with Gasteiger partial charge in [0.2, 0.25) is 5.91 Å². The van der Waals surface area contributed by atoms with Gasteiger partial charge >= 0.3 is 0 Å². The third-order valence-electron chi connectivity index (χ3n) is 7.71. The van der Waals surface area contributed by atoms with E-state index in [1.165, 1.54) is 16.8 Å². The summed E-state index contributed by atoms with van der Waals surface area (Å²) in [7, 11) is 1.60. The molecule has 44 heavy (non-hydrogen) atoms. The summed E-state index contributed by atoms with van der Waals surface area (Å²) >= 11 is 0. The van der Waals surface area contributed by atoms with Crippen LogP contribution in [-0.4, -0.2) is 44.4 Å². The van der Waals surface area contributed by atoms with Crippen molar-refractivity contribution in [1.82, 2.24) is 24.7 Å². The number of carbonyl (C=O) groups is 1. The van der Waals surface area contributed by atoms with Gasteiger partial charge in [0.25, 0.3) is 0 Å². The number of nitrogens with zero attached hydrogens (tertiary/aromatic N) is 5. The van der Waals surface area contributed by atoms with E-state index in [0.717, 1.165) is 29.6 Å². The number of hydrogen-bond donors (Lipinski definition) is 2. The smallest absolute Gasteiger partial charge is 0.226 e. The van der Waals surface area contributed by atoms with Crippen molar-refractivity contribution < 1.29 is 27.4 Å². The van der Waals surface area contributed by atoms with Crippen LogP contribution in [0.5, 0.6) is 5.75 Å². The Bertz CT molecular complexity index is 1860. The fourth-order valence-corrected chi connectivity index (χ4v) is 5.45. The van der Waals surface area contributed by atoms with Gasteiger partial charge in [-0.05, 0) is 42.3 Å². The number of nitrogen functional groups attached to an aromatic ring is 1. The second-order valence-electron chi connectivity index (χ2n) is 10.8. The third kappa shape index (κ3) is 5.53. The molecule has 1 unspecified atom stereocenters. The Morgan fingerprint density at radius 3 is 2.57 bits per heavy atom. The lowest BCUT2D eigenvalue weighted by Gasteiger charge is -2.35.